The summed E-state index contributed by atoms with van der Waals surface area (Å²) in [6.07, 6.45) is 0. The van der Waals surface area contributed by atoms with Gasteiger partial charge in [-0.1, -0.05) is 18.7 Å². The molecule has 1 aliphatic rings. The molecule has 1 heterocycles. The second-order valence-electron chi connectivity index (χ2n) is 4.03. The number of hydrogen-bond acceptors (Lipinski definition) is 3. The third kappa shape index (κ3) is 1.90. The molecule has 0 spiro atoms. The average Bonchev–Trinajstić information content (AvgIpc) is 2.60. The number of fused-ring (bicyclic) bond motifs is 1. The molecule has 1 aromatic carbocycles. The molecule has 92 valence electrons. The fraction of sp³-hybridized carbons (Fsp3) is 0.154. The van der Waals surface area contributed by atoms with E-state index in [2.05, 4.69) is 11.9 Å². The maximum Gasteiger partial charge on any atom is 0.263 e. The summed E-state index contributed by atoms with van der Waals surface area (Å²) in [6, 6.07) is 6.58. The van der Waals surface area contributed by atoms with Gasteiger partial charge in [0.2, 0.25) is 5.91 Å². The standard InChI is InChI=1S/C13H12N2O3/c1-8(2)11(16)14-7-15-12(17)9-5-3-4-6-10(9)13(15)18/h3-6H,1,7H2,2H3,(H,14,16). The fourth-order valence-electron chi connectivity index (χ4n) is 1.68. The molecule has 1 aliphatic heterocycles. The maximum atomic E-state index is 11.9. The van der Waals surface area contributed by atoms with Crippen LogP contribution < -0.4 is 5.32 Å². The largest absolute Gasteiger partial charge is 0.334 e. The van der Waals surface area contributed by atoms with Gasteiger partial charge in [-0.2, -0.15) is 0 Å². The molecule has 5 heteroatoms. The summed E-state index contributed by atoms with van der Waals surface area (Å²) in [6.45, 7) is 4.89. The van der Waals surface area contributed by atoms with Gasteiger partial charge < -0.3 is 5.32 Å². The number of rotatable bonds is 3. The van der Waals surface area contributed by atoms with Gasteiger partial charge >= 0.3 is 0 Å². The number of carbonyl (C=O) groups is 3. The second kappa shape index (κ2) is 4.44. The van der Waals surface area contributed by atoms with E-state index in [-0.39, 0.29) is 12.6 Å². The summed E-state index contributed by atoms with van der Waals surface area (Å²) in [5.41, 5.74) is 1.06. The highest BCUT2D eigenvalue weighted by molar-refractivity contribution is 6.21. The molecular weight excluding hydrogens is 232 g/mol. The molecule has 5 nitrogen and oxygen atoms in total. The summed E-state index contributed by atoms with van der Waals surface area (Å²) in [5, 5.41) is 2.47. The summed E-state index contributed by atoms with van der Waals surface area (Å²) in [7, 11) is 0. The maximum absolute atomic E-state index is 11.9. The van der Waals surface area contributed by atoms with Crippen molar-refractivity contribution in [3.8, 4) is 0 Å². The van der Waals surface area contributed by atoms with Crippen LogP contribution in [0.4, 0.5) is 0 Å². The number of carbonyl (C=O) groups excluding carboxylic acids is 3. The van der Waals surface area contributed by atoms with E-state index >= 15 is 0 Å². The molecule has 0 saturated heterocycles. The van der Waals surface area contributed by atoms with Crippen molar-refractivity contribution in [3.05, 3.63) is 47.5 Å². The first-order valence-corrected chi connectivity index (χ1v) is 5.41. The van der Waals surface area contributed by atoms with Crippen LogP contribution in [0.3, 0.4) is 0 Å². The van der Waals surface area contributed by atoms with Crippen molar-refractivity contribution in [2.24, 2.45) is 0 Å². The number of nitrogens with zero attached hydrogens (tertiary/aromatic N) is 1. The van der Waals surface area contributed by atoms with E-state index in [1.165, 1.54) is 0 Å². The van der Waals surface area contributed by atoms with Crippen LogP contribution in [0.1, 0.15) is 27.6 Å². The number of benzene rings is 1. The molecule has 1 aromatic rings. The van der Waals surface area contributed by atoms with Gasteiger partial charge in [-0.25, -0.2) is 0 Å². The minimum absolute atomic E-state index is 0.141. The lowest BCUT2D eigenvalue weighted by molar-refractivity contribution is -0.117. The molecule has 1 N–H and O–H groups in total. The quantitative estimate of drug-likeness (QED) is 0.635. The van der Waals surface area contributed by atoms with Crippen LogP contribution in [-0.4, -0.2) is 29.3 Å². The molecule has 0 radical (unpaired) electrons. The molecule has 18 heavy (non-hydrogen) atoms. The number of imide groups is 1. The highest BCUT2D eigenvalue weighted by atomic mass is 16.2. The van der Waals surface area contributed by atoms with E-state index in [1.54, 1.807) is 31.2 Å². The van der Waals surface area contributed by atoms with E-state index in [0.717, 1.165) is 4.90 Å². The highest BCUT2D eigenvalue weighted by Gasteiger charge is 2.34. The first-order valence-electron chi connectivity index (χ1n) is 5.41. The van der Waals surface area contributed by atoms with Crippen molar-refractivity contribution in [3.63, 3.8) is 0 Å². The molecule has 3 amide bonds. The van der Waals surface area contributed by atoms with Gasteiger partial charge in [0, 0.05) is 5.57 Å². The molecule has 0 aliphatic carbocycles. The lowest BCUT2D eigenvalue weighted by atomic mass is 10.1. The van der Waals surface area contributed by atoms with Crippen molar-refractivity contribution >= 4 is 17.7 Å². The van der Waals surface area contributed by atoms with Crippen molar-refractivity contribution in [1.82, 2.24) is 10.2 Å². The van der Waals surface area contributed by atoms with Gasteiger partial charge in [0.1, 0.15) is 6.67 Å². The van der Waals surface area contributed by atoms with E-state index in [1.807, 2.05) is 0 Å². The predicted molar refractivity (Wildman–Crippen MR) is 64.8 cm³/mol. The smallest absolute Gasteiger partial charge is 0.263 e. The summed E-state index contributed by atoms with van der Waals surface area (Å²) in [4.78, 5) is 36.2. The van der Waals surface area contributed by atoms with E-state index < -0.39 is 11.8 Å². The minimum atomic E-state index is -0.391. The normalized spacial score (nSPS) is 13.5. The summed E-state index contributed by atoms with van der Waals surface area (Å²) in [5.74, 6) is -1.17. The Morgan fingerprint density at radius 2 is 1.72 bits per heavy atom. The molecule has 0 atom stereocenters. The van der Waals surface area contributed by atoms with Crippen LogP contribution in [0, 0.1) is 0 Å². The van der Waals surface area contributed by atoms with Crippen molar-refractivity contribution in [2.75, 3.05) is 6.67 Å². The van der Waals surface area contributed by atoms with Crippen molar-refractivity contribution < 1.29 is 14.4 Å². The van der Waals surface area contributed by atoms with E-state index in [4.69, 9.17) is 0 Å². The van der Waals surface area contributed by atoms with Gasteiger partial charge in [0.05, 0.1) is 11.1 Å². The molecule has 0 unspecified atom stereocenters. The topological polar surface area (TPSA) is 66.5 Å². The lowest BCUT2D eigenvalue weighted by Crippen LogP contribution is -2.41. The third-order valence-corrected chi connectivity index (χ3v) is 2.66. The molecule has 0 fully saturated rings. The number of amides is 3. The zero-order chi connectivity index (χ0) is 13.3. The summed E-state index contributed by atoms with van der Waals surface area (Å²) >= 11 is 0. The molecule has 2 rings (SSSR count). The van der Waals surface area contributed by atoms with Crippen LogP contribution in [0.5, 0.6) is 0 Å². The van der Waals surface area contributed by atoms with Crippen LogP contribution in [0.15, 0.2) is 36.4 Å². The van der Waals surface area contributed by atoms with E-state index in [0.29, 0.717) is 16.7 Å². The van der Waals surface area contributed by atoms with Crippen LogP contribution in [0.25, 0.3) is 0 Å². The van der Waals surface area contributed by atoms with Crippen LogP contribution in [0.2, 0.25) is 0 Å². The Morgan fingerprint density at radius 1 is 1.22 bits per heavy atom. The van der Waals surface area contributed by atoms with E-state index in [9.17, 15) is 14.4 Å². The molecule has 0 saturated carbocycles. The van der Waals surface area contributed by atoms with Gasteiger partial charge in [-0.05, 0) is 19.1 Å². The van der Waals surface area contributed by atoms with Gasteiger partial charge in [0.25, 0.3) is 11.8 Å². The van der Waals surface area contributed by atoms with Crippen LogP contribution in [-0.2, 0) is 4.79 Å². The molecular formula is C13H12N2O3. The molecule has 0 bridgehead atoms. The van der Waals surface area contributed by atoms with Crippen molar-refractivity contribution in [2.45, 2.75) is 6.92 Å². The minimum Gasteiger partial charge on any atom is -0.334 e. The lowest BCUT2D eigenvalue weighted by Gasteiger charge is -2.14. The monoisotopic (exact) mass is 244 g/mol. The Kier molecular flexibility index (Phi) is 2.97. The Hall–Kier alpha value is -2.43. The van der Waals surface area contributed by atoms with Gasteiger partial charge in [-0.15, -0.1) is 0 Å². The fourth-order valence-corrected chi connectivity index (χ4v) is 1.68. The van der Waals surface area contributed by atoms with Gasteiger partial charge in [-0.3, -0.25) is 19.3 Å². The highest BCUT2D eigenvalue weighted by Crippen LogP contribution is 2.21. The zero-order valence-electron chi connectivity index (χ0n) is 9.90. The number of hydrogen-bond donors (Lipinski definition) is 1. The Labute approximate surface area is 104 Å². The Morgan fingerprint density at radius 3 is 2.17 bits per heavy atom. The second-order valence-corrected chi connectivity index (χ2v) is 4.03. The van der Waals surface area contributed by atoms with Crippen LogP contribution >= 0.6 is 0 Å². The molecule has 0 aromatic heterocycles. The third-order valence-electron chi connectivity index (χ3n) is 2.66. The van der Waals surface area contributed by atoms with Crippen molar-refractivity contribution in [1.29, 1.82) is 0 Å². The Balaban J connectivity index is 2.14. The first-order chi connectivity index (χ1) is 8.52. The summed E-state index contributed by atoms with van der Waals surface area (Å²) < 4.78 is 0. The predicted octanol–water partition coefficient (Wildman–Crippen LogP) is 0.932. The average molecular weight is 244 g/mol. The SMILES string of the molecule is C=C(C)C(=O)NCN1C(=O)c2ccccc2C1=O. The van der Waals surface area contributed by atoms with Gasteiger partial charge in [0.15, 0.2) is 0 Å². The Bertz CT molecular complexity index is 528. The first kappa shape index (κ1) is 12.0. The zero-order valence-corrected chi connectivity index (χ0v) is 9.90. The number of nitrogens with one attached hydrogen (secondary N) is 1.